The highest BCUT2D eigenvalue weighted by molar-refractivity contribution is 7.18. The molecule has 0 unspecified atom stereocenters. The second kappa shape index (κ2) is 7.29. The van der Waals surface area contributed by atoms with Crippen molar-refractivity contribution in [3.05, 3.63) is 62.6 Å². The summed E-state index contributed by atoms with van der Waals surface area (Å²) in [5, 5.41) is 7.36. The van der Waals surface area contributed by atoms with E-state index < -0.39 is 0 Å². The Morgan fingerprint density at radius 1 is 1.25 bits per heavy atom. The van der Waals surface area contributed by atoms with Crippen molar-refractivity contribution in [2.24, 2.45) is 0 Å². The fourth-order valence-electron chi connectivity index (χ4n) is 3.24. The van der Waals surface area contributed by atoms with Crippen LogP contribution >= 0.6 is 22.7 Å². The molecule has 0 fully saturated rings. The molecule has 8 heteroatoms. The lowest BCUT2D eigenvalue weighted by Gasteiger charge is -2.12. The van der Waals surface area contributed by atoms with Crippen LogP contribution < -0.4 is 10.9 Å². The van der Waals surface area contributed by atoms with Gasteiger partial charge in [0.05, 0.1) is 23.1 Å². The average Bonchev–Trinajstić information content (AvgIpc) is 3.29. The predicted octanol–water partition coefficient (Wildman–Crippen LogP) is 4.15. The summed E-state index contributed by atoms with van der Waals surface area (Å²) in [4.78, 5) is 36.1. The molecule has 4 aromatic rings. The van der Waals surface area contributed by atoms with E-state index in [1.54, 1.807) is 11.3 Å². The molecule has 1 N–H and O–H groups in total. The number of hydrogen-bond donors (Lipinski definition) is 1. The average molecular weight is 411 g/mol. The van der Waals surface area contributed by atoms with Crippen LogP contribution in [0.25, 0.3) is 20.7 Å². The molecule has 0 saturated carbocycles. The summed E-state index contributed by atoms with van der Waals surface area (Å²) < 4.78 is 1.35. The van der Waals surface area contributed by atoms with Crippen LogP contribution in [0.5, 0.6) is 0 Å². The maximum atomic E-state index is 13.0. The number of rotatable bonds is 4. The highest BCUT2D eigenvalue weighted by atomic mass is 32.1. The van der Waals surface area contributed by atoms with E-state index in [9.17, 15) is 9.59 Å². The van der Waals surface area contributed by atoms with Gasteiger partial charge >= 0.3 is 0 Å². The monoisotopic (exact) mass is 410 g/mol. The number of amides is 1. The van der Waals surface area contributed by atoms with Crippen LogP contribution in [-0.4, -0.2) is 20.4 Å². The molecule has 0 radical (unpaired) electrons. The number of pyridine rings is 1. The first-order valence-electron chi connectivity index (χ1n) is 8.69. The Bertz CT molecular complexity index is 1220. The molecule has 0 spiro atoms. The Kier molecular flexibility index (Phi) is 4.82. The fourth-order valence-corrected chi connectivity index (χ4v) is 4.96. The minimum atomic E-state index is -0.284. The molecular weight excluding hydrogens is 392 g/mol. The summed E-state index contributed by atoms with van der Waals surface area (Å²) in [5.74, 6) is -0.284. The minimum Gasteiger partial charge on any atom is -0.323 e. The van der Waals surface area contributed by atoms with Crippen molar-refractivity contribution >= 4 is 44.5 Å². The molecule has 0 aliphatic heterocycles. The predicted molar refractivity (Wildman–Crippen MR) is 114 cm³/mol. The zero-order valence-corrected chi connectivity index (χ0v) is 17.3. The van der Waals surface area contributed by atoms with E-state index in [4.69, 9.17) is 0 Å². The molecule has 4 heterocycles. The molecule has 1 amide bonds. The maximum absolute atomic E-state index is 13.0. The number of carbonyl (C=O) groups is 1. The molecule has 0 aromatic carbocycles. The molecule has 6 nitrogen and oxygen atoms in total. The normalized spacial score (nSPS) is 11.1. The van der Waals surface area contributed by atoms with Crippen molar-refractivity contribution < 1.29 is 4.79 Å². The van der Waals surface area contributed by atoms with Crippen LogP contribution in [-0.2, 0) is 11.3 Å². The molecule has 0 aliphatic rings. The van der Waals surface area contributed by atoms with Crippen molar-refractivity contribution in [2.75, 3.05) is 5.32 Å². The van der Waals surface area contributed by atoms with Gasteiger partial charge in [-0.25, -0.2) is 4.98 Å². The summed E-state index contributed by atoms with van der Waals surface area (Å²) in [7, 11) is 0. The first kappa shape index (κ1) is 18.5. The van der Waals surface area contributed by atoms with Gasteiger partial charge in [0.1, 0.15) is 11.4 Å². The highest BCUT2D eigenvalue weighted by Gasteiger charge is 2.16. The number of fused-ring (bicyclic) bond motifs is 1. The van der Waals surface area contributed by atoms with E-state index in [-0.39, 0.29) is 18.0 Å². The number of hydrogen-bond acceptors (Lipinski definition) is 6. The van der Waals surface area contributed by atoms with E-state index in [1.807, 2.05) is 49.7 Å². The van der Waals surface area contributed by atoms with Gasteiger partial charge in [-0.15, -0.1) is 22.7 Å². The molecule has 28 heavy (non-hydrogen) atoms. The molecule has 4 rings (SSSR count). The maximum Gasteiger partial charge on any atom is 0.263 e. The second-order valence-electron chi connectivity index (χ2n) is 6.57. The molecule has 0 saturated heterocycles. The van der Waals surface area contributed by atoms with E-state index >= 15 is 0 Å². The topological polar surface area (TPSA) is 76.9 Å². The summed E-state index contributed by atoms with van der Waals surface area (Å²) in [6.07, 6.45) is 1.44. The van der Waals surface area contributed by atoms with E-state index in [2.05, 4.69) is 15.3 Å². The molecular formula is C20H18N4O2S2. The van der Waals surface area contributed by atoms with Crippen molar-refractivity contribution in [2.45, 2.75) is 27.3 Å². The Balaban J connectivity index is 1.65. The zero-order valence-electron chi connectivity index (χ0n) is 15.6. The zero-order chi connectivity index (χ0) is 19.8. The van der Waals surface area contributed by atoms with Crippen LogP contribution in [0.15, 0.2) is 40.1 Å². The lowest BCUT2D eigenvalue weighted by molar-refractivity contribution is -0.116. The van der Waals surface area contributed by atoms with Crippen LogP contribution in [0.3, 0.4) is 0 Å². The lowest BCUT2D eigenvalue weighted by Crippen LogP contribution is -2.28. The van der Waals surface area contributed by atoms with E-state index in [0.717, 1.165) is 27.4 Å². The molecule has 0 atom stereocenters. The van der Waals surface area contributed by atoms with Gasteiger partial charge in [-0.05, 0) is 43.8 Å². The first-order valence-corrected chi connectivity index (χ1v) is 10.4. The van der Waals surface area contributed by atoms with Crippen LogP contribution in [0.1, 0.15) is 17.0 Å². The van der Waals surface area contributed by atoms with Gasteiger partial charge in [0.2, 0.25) is 5.91 Å². The highest BCUT2D eigenvalue weighted by Crippen LogP contribution is 2.33. The molecule has 0 aliphatic carbocycles. The van der Waals surface area contributed by atoms with Gasteiger partial charge in [0.15, 0.2) is 0 Å². The Morgan fingerprint density at radius 3 is 2.79 bits per heavy atom. The number of aryl methyl sites for hydroxylation is 3. The van der Waals surface area contributed by atoms with Crippen LogP contribution in [0.4, 0.5) is 5.69 Å². The van der Waals surface area contributed by atoms with Gasteiger partial charge in [-0.2, -0.15) is 0 Å². The summed E-state index contributed by atoms with van der Waals surface area (Å²) >= 11 is 3.01. The number of nitrogens with zero attached hydrogens (tertiary/aromatic N) is 3. The van der Waals surface area contributed by atoms with Gasteiger partial charge in [-0.1, -0.05) is 6.07 Å². The van der Waals surface area contributed by atoms with Crippen LogP contribution in [0, 0.1) is 20.8 Å². The van der Waals surface area contributed by atoms with Crippen molar-refractivity contribution in [3.63, 3.8) is 0 Å². The van der Waals surface area contributed by atoms with E-state index in [1.165, 1.54) is 22.2 Å². The molecule has 4 aromatic heterocycles. The summed E-state index contributed by atoms with van der Waals surface area (Å²) in [5.41, 5.74) is 3.95. The number of thiophene rings is 2. The van der Waals surface area contributed by atoms with Gasteiger partial charge in [-0.3, -0.25) is 19.1 Å². The third kappa shape index (κ3) is 3.36. The smallest absolute Gasteiger partial charge is 0.263 e. The number of aromatic nitrogens is 3. The SMILES string of the molecule is Cc1cc(C)c(NC(=O)Cn2cnc3scc(-c4cccs4)c3c2=O)c(C)n1. The first-order chi connectivity index (χ1) is 13.4. The lowest BCUT2D eigenvalue weighted by atomic mass is 10.1. The van der Waals surface area contributed by atoms with Gasteiger partial charge in [0.25, 0.3) is 5.56 Å². The number of anilines is 1. The third-order valence-electron chi connectivity index (χ3n) is 4.45. The third-order valence-corrected chi connectivity index (χ3v) is 6.24. The largest absolute Gasteiger partial charge is 0.323 e. The minimum absolute atomic E-state index is 0.103. The fraction of sp³-hybridized carbons (Fsp3) is 0.200. The Hall–Kier alpha value is -2.84. The summed E-state index contributed by atoms with van der Waals surface area (Å²) in [6, 6.07) is 5.85. The summed E-state index contributed by atoms with van der Waals surface area (Å²) in [6.45, 7) is 5.59. The Labute approximate surface area is 169 Å². The number of nitrogens with one attached hydrogen (secondary N) is 1. The van der Waals surface area contributed by atoms with Crippen LogP contribution in [0.2, 0.25) is 0 Å². The standard InChI is InChI=1S/C20H18N4O2S2/c1-11-7-12(2)22-13(3)18(11)23-16(25)8-24-10-21-19-17(20(24)26)14(9-28-19)15-5-4-6-27-15/h4-7,9-10H,8H2,1-3H3,(H,23,25). The molecule has 142 valence electrons. The van der Waals surface area contributed by atoms with Crippen molar-refractivity contribution in [3.8, 4) is 10.4 Å². The number of carbonyl (C=O) groups excluding carboxylic acids is 1. The Morgan fingerprint density at radius 2 is 2.07 bits per heavy atom. The van der Waals surface area contributed by atoms with Gasteiger partial charge in [0, 0.05) is 21.5 Å². The van der Waals surface area contributed by atoms with Crippen molar-refractivity contribution in [1.29, 1.82) is 0 Å². The van der Waals surface area contributed by atoms with E-state index in [0.29, 0.717) is 15.9 Å². The second-order valence-corrected chi connectivity index (χ2v) is 8.38. The molecule has 0 bridgehead atoms. The van der Waals surface area contributed by atoms with Crippen molar-refractivity contribution in [1.82, 2.24) is 14.5 Å². The quantitative estimate of drug-likeness (QED) is 0.548. The van der Waals surface area contributed by atoms with Gasteiger partial charge < -0.3 is 5.32 Å².